The first-order valence-corrected chi connectivity index (χ1v) is 10.5. The second kappa shape index (κ2) is 7.51. The Labute approximate surface area is 179 Å². The van der Waals surface area contributed by atoms with Gasteiger partial charge in [0, 0.05) is 6.54 Å². The number of likely N-dealkylation sites (tertiary alicyclic amines) is 1. The first-order valence-electron chi connectivity index (χ1n) is 10.1. The van der Waals surface area contributed by atoms with Gasteiger partial charge in [-0.3, -0.25) is 14.4 Å². The highest BCUT2D eigenvalue weighted by atomic mass is 35.5. The van der Waals surface area contributed by atoms with Gasteiger partial charge in [-0.25, -0.2) is 0 Å². The fourth-order valence-corrected chi connectivity index (χ4v) is 5.61. The molecule has 162 valence electrons. The summed E-state index contributed by atoms with van der Waals surface area (Å²) in [4.78, 5) is 40.9. The Bertz CT molecular complexity index is 894. The second-order valence-electron chi connectivity index (χ2n) is 8.20. The number of hydrogen-bond acceptors (Lipinski definition) is 6. The minimum Gasteiger partial charge on any atom is -0.466 e. The van der Waals surface area contributed by atoms with Gasteiger partial charge in [-0.15, -0.1) is 0 Å². The number of carbonyl (C=O) groups is 3. The average molecular weight is 437 g/mol. The van der Waals surface area contributed by atoms with E-state index in [0.29, 0.717) is 23.6 Å². The molecule has 8 nitrogen and oxygen atoms in total. The van der Waals surface area contributed by atoms with Gasteiger partial charge < -0.3 is 24.8 Å². The number of nitrogens with one attached hydrogen (secondary N) is 1. The van der Waals surface area contributed by atoms with Gasteiger partial charge in [0.15, 0.2) is 0 Å². The molecule has 0 radical (unpaired) electrons. The number of fused-ring (bicyclic) bond motifs is 1. The number of benzene rings is 1. The summed E-state index contributed by atoms with van der Waals surface area (Å²) in [5, 5.41) is 12.7. The molecule has 9 heteroatoms. The van der Waals surface area contributed by atoms with Crippen molar-refractivity contribution in [2.75, 3.05) is 25.1 Å². The van der Waals surface area contributed by atoms with Gasteiger partial charge in [0.05, 0.1) is 35.4 Å². The van der Waals surface area contributed by atoms with E-state index in [4.69, 9.17) is 21.1 Å². The first kappa shape index (κ1) is 21.1. The van der Waals surface area contributed by atoms with Crippen LogP contribution in [-0.4, -0.2) is 64.8 Å². The topological polar surface area (TPSA) is 105 Å². The number of halogens is 1. The number of esters is 1. The van der Waals surface area contributed by atoms with Crippen molar-refractivity contribution < 1.29 is 29.0 Å². The lowest BCUT2D eigenvalue weighted by Crippen LogP contribution is -2.53. The van der Waals surface area contributed by atoms with Gasteiger partial charge >= 0.3 is 5.97 Å². The zero-order chi connectivity index (χ0) is 21.7. The quantitative estimate of drug-likeness (QED) is 0.656. The number of ether oxygens (including phenoxy) is 2. The number of amides is 2. The molecule has 2 bridgehead atoms. The lowest BCUT2D eigenvalue weighted by atomic mass is 9.66. The third-order valence-electron chi connectivity index (χ3n) is 6.54. The highest BCUT2D eigenvalue weighted by Gasteiger charge is 2.78. The summed E-state index contributed by atoms with van der Waals surface area (Å²) in [5.41, 5.74) is -1.61. The van der Waals surface area contributed by atoms with E-state index in [-0.39, 0.29) is 25.7 Å². The molecule has 0 aromatic heterocycles. The van der Waals surface area contributed by atoms with E-state index >= 15 is 0 Å². The van der Waals surface area contributed by atoms with Gasteiger partial charge in [0.1, 0.15) is 17.6 Å². The molecule has 1 spiro atoms. The minimum atomic E-state index is -1.15. The van der Waals surface area contributed by atoms with Crippen LogP contribution in [0.2, 0.25) is 5.02 Å². The third kappa shape index (κ3) is 2.92. The highest BCUT2D eigenvalue weighted by molar-refractivity contribution is 6.33. The van der Waals surface area contributed by atoms with Crippen molar-refractivity contribution in [1.29, 1.82) is 0 Å². The number of carbonyl (C=O) groups excluding carboxylic acids is 3. The molecule has 3 aliphatic rings. The van der Waals surface area contributed by atoms with E-state index in [2.05, 4.69) is 5.32 Å². The van der Waals surface area contributed by atoms with Crippen molar-refractivity contribution in [2.24, 2.45) is 11.8 Å². The van der Waals surface area contributed by atoms with Crippen LogP contribution in [0.5, 0.6) is 0 Å². The molecule has 0 saturated carbocycles. The maximum atomic E-state index is 13.4. The number of para-hydroxylation sites is 1. The second-order valence-corrected chi connectivity index (χ2v) is 8.61. The van der Waals surface area contributed by atoms with E-state index in [1.165, 1.54) is 4.90 Å². The Balaban J connectivity index is 1.73. The fraction of sp³-hybridized carbons (Fsp3) is 0.571. The summed E-state index contributed by atoms with van der Waals surface area (Å²) in [7, 11) is 0. The lowest BCUT2D eigenvalue weighted by molar-refractivity contribution is -0.159. The molecular weight excluding hydrogens is 412 g/mol. The van der Waals surface area contributed by atoms with Crippen LogP contribution in [0.1, 0.15) is 26.7 Å². The summed E-state index contributed by atoms with van der Waals surface area (Å²) in [6.07, 6.45) is 0.988. The molecule has 2 N–H and O–H groups in total. The van der Waals surface area contributed by atoms with Crippen molar-refractivity contribution in [3.8, 4) is 0 Å². The van der Waals surface area contributed by atoms with Crippen LogP contribution >= 0.6 is 11.6 Å². The number of aliphatic hydroxyl groups is 1. The Morgan fingerprint density at radius 3 is 2.77 bits per heavy atom. The highest BCUT2D eigenvalue weighted by Crippen LogP contribution is 2.63. The summed E-state index contributed by atoms with van der Waals surface area (Å²) < 4.78 is 11.6. The van der Waals surface area contributed by atoms with E-state index in [1.807, 2.05) is 0 Å². The van der Waals surface area contributed by atoms with Crippen LogP contribution in [0.25, 0.3) is 0 Å². The number of anilines is 1. The van der Waals surface area contributed by atoms with Gasteiger partial charge in [-0.2, -0.15) is 0 Å². The SMILES string of the molecule is CCOC(=O)[C@@H]1[C@H]2C(=O)N(CCO)C(C(=O)Nc3ccccc3Cl)C23CC[C@@]1(C)O3. The van der Waals surface area contributed by atoms with Gasteiger partial charge in [0.2, 0.25) is 11.8 Å². The molecular formula is C21H25ClN2O6. The van der Waals surface area contributed by atoms with Crippen molar-refractivity contribution in [3.63, 3.8) is 0 Å². The van der Waals surface area contributed by atoms with Gasteiger partial charge in [-0.05, 0) is 38.8 Å². The average Bonchev–Trinajstić information content (AvgIpc) is 3.25. The molecule has 5 atom stereocenters. The smallest absolute Gasteiger partial charge is 0.312 e. The molecule has 3 heterocycles. The number of nitrogens with zero attached hydrogens (tertiary/aromatic N) is 1. The maximum absolute atomic E-state index is 13.4. The number of rotatable bonds is 6. The molecule has 1 aromatic carbocycles. The molecule has 3 saturated heterocycles. The van der Waals surface area contributed by atoms with Crippen LogP contribution in [0.4, 0.5) is 5.69 Å². The van der Waals surface area contributed by atoms with Crippen LogP contribution in [0, 0.1) is 11.8 Å². The third-order valence-corrected chi connectivity index (χ3v) is 6.87. The maximum Gasteiger partial charge on any atom is 0.312 e. The summed E-state index contributed by atoms with van der Waals surface area (Å²) in [5.74, 6) is -2.94. The Morgan fingerprint density at radius 2 is 2.10 bits per heavy atom. The molecule has 2 unspecified atom stereocenters. The Kier molecular flexibility index (Phi) is 5.28. The molecule has 30 heavy (non-hydrogen) atoms. The normalized spacial score (nSPS) is 34.2. The number of hydrogen-bond donors (Lipinski definition) is 2. The lowest BCUT2D eigenvalue weighted by Gasteiger charge is -2.33. The number of aliphatic hydroxyl groups excluding tert-OH is 1. The first-order chi connectivity index (χ1) is 14.3. The van der Waals surface area contributed by atoms with Crippen LogP contribution in [0.15, 0.2) is 24.3 Å². The van der Waals surface area contributed by atoms with Crippen LogP contribution in [-0.2, 0) is 23.9 Å². The number of β-amino-alcohol motifs (C(OH)–C–C–N with tert-alkyl or cyclic N) is 1. The van der Waals surface area contributed by atoms with Crippen molar-refractivity contribution in [3.05, 3.63) is 29.3 Å². The van der Waals surface area contributed by atoms with E-state index < -0.39 is 41.0 Å². The standard InChI is InChI=1S/C21H25ClN2O6/c1-3-29-19(28)15-14-18(27)24(10-11-25)16(21(14)9-8-20(15,2)30-21)17(26)23-13-7-5-4-6-12(13)22/h4-7,14-16,25H,3,8-11H2,1-2H3,(H,23,26)/t14-,15-,16?,20+,21?/m0/s1. The van der Waals surface area contributed by atoms with Crippen molar-refractivity contribution in [1.82, 2.24) is 4.90 Å². The largest absolute Gasteiger partial charge is 0.466 e. The Hall–Kier alpha value is -2.16. The zero-order valence-corrected chi connectivity index (χ0v) is 17.6. The van der Waals surface area contributed by atoms with E-state index in [9.17, 15) is 19.5 Å². The summed E-state index contributed by atoms with van der Waals surface area (Å²) >= 11 is 6.18. The van der Waals surface area contributed by atoms with Crippen LogP contribution < -0.4 is 5.32 Å². The zero-order valence-electron chi connectivity index (χ0n) is 16.9. The summed E-state index contributed by atoms with van der Waals surface area (Å²) in [6.45, 7) is 3.35. The van der Waals surface area contributed by atoms with Crippen LogP contribution in [0.3, 0.4) is 0 Å². The predicted octanol–water partition coefficient (Wildman–Crippen LogP) is 1.60. The fourth-order valence-electron chi connectivity index (χ4n) is 5.43. The van der Waals surface area contributed by atoms with Crippen molar-refractivity contribution in [2.45, 2.75) is 43.9 Å². The monoisotopic (exact) mass is 436 g/mol. The minimum absolute atomic E-state index is 0.0344. The molecule has 2 amide bonds. The van der Waals surface area contributed by atoms with Gasteiger partial charge in [-0.1, -0.05) is 23.7 Å². The molecule has 4 rings (SSSR count). The molecule has 3 aliphatic heterocycles. The van der Waals surface area contributed by atoms with E-state index in [1.54, 1.807) is 38.1 Å². The molecule has 3 fully saturated rings. The molecule has 1 aromatic rings. The Morgan fingerprint density at radius 1 is 1.37 bits per heavy atom. The molecule has 0 aliphatic carbocycles. The van der Waals surface area contributed by atoms with Crippen molar-refractivity contribution >= 4 is 35.1 Å². The van der Waals surface area contributed by atoms with Gasteiger partial charge in [0.25, 0.3) is 0 Å². The predicted molar refractivity (Wildman–Crippen MR) is 108 cm³/mol. The summed E-state index contributed by atoms with van der Waals surface area (Å²) in [6, 6.07) is 5.82. The van der Waals surface area contributed by atoms with E-state index in [0.717, 1.165) is 0 Å².